The molecular formula is C25H30ClN3O2S2. The molecule has 5 rings (SSSR count). The van der Waals surface area contributed by atoms with Crippen LogP contribution in [0.3, 0.4) is 0 Å². The van der Waals surface area contributed by atoms with E-state index in [0.29, 0.717) is 16.5 Å². The molecule has 2 aromatic carbocycles. The molecule has 1 saturated heterocycles. The number of sulfonamides is 1. The van der Waals surface area contributed by atoms with Crippen LogP contribution in [0.15, 0.2) is 53.6 Å². The zero-order chi connectivity index (χ0) is 23.1. The first-order valence-corrected chi connectivity index (χ1v) is 14.5. The third kappa shape index (κ3) is 4.53. The molecule has 3 heterocycles. The number of rotatable bonds is 7. The lowest BCUT2D eigenvalue weighted by Crippen LogP contribution is -2.37. The summed E-state index contributed by atoms with van der Waals surface area (Å²) in [5.41, 5.74) is 2.50. The highest BCUT2D eigenvalue weighted by atomic mass is 35.5. The molecule has 8 heteroatoms. The number of anilines is 1. The van der Waals surface area contributed by atoms with Crippen molar-refractivity contribution in [3.8, 4) is 0 Å². The summed E-state index contributed by atoms with van der Waals surface area (Å²) in [7, 11) is -3.67. The summed E-state index contributed by atoms with van der Waals surface area (Å²) in [5, 5.41) is 1.60. The second-order valence-corrected chi connectivity index (χ2v) is 12.9. The van der Waals surface area contributed by atoms with E-state index in [4.69, 9.17) is 11.6 Å². The number of hydrogen-bond donors (Lipinski definition) is 1. The number of nitrogens with zero attached hydrogens (tertiary/aromatic N) is 2. The third-order valence-corrected chi connectivity index (χ3v) is 10.8. The lowest BCUT2D eigenvalue weighted by molar-refractivity contribution is 0.223. The Labute approximate surface area is 205 Å². The van der Waals surface area contributed by atoms with Gasteiger partial charge in [-0.2, -0.15) is 0 Å². The van der Waals surface area contributed by atoms with Crippen molar-refractivity contribution in [2.75, 3.05) is 30.1 Å². The second kappa shape index (κ2) is 9.17. The van der Waals surface area contributed by atoms with Gasteiger partial charge in [0.1, 0.15) is 4.75 Å². The lowest BCUT2D eigenvalue weighted by Gasteiger charge is -2.26. The van der Waals surface area contributed by atoms with E-state index in [0.717, 1.165) is 40.9 Å². The largest absolute Gasteiger partial charge is 0.347 e. The van der Waals surface area contributed by atoms with Crippen LogP contribution in [-0.4, -0.2) is 43.3 Å². The molecule has 1 N–H and O–H groups in total. The van der Waals surface area contributed by atoms with Crippen molar-refractivity contribution in [3.63, 3.8) is 0 Å². The van der Waals surface area contributed by atoms with Gasteiger partial charge in [-0.25, -0.2) is 8.42 Å². The summed E-state index contributed by atoms with van der Waals surface area (Å²) in [5.74, 6) is 0.466. The number of halogens is 1. The van der Waals surface area contributed by atoms with Gasteiger partial charge in [-0.15, -0.1) is 11.8 Å². The molecule has 0 aliphatic carbocycles. The minimum atomic E-state index is -3.67. The number of fused-ring (bicyclic) bond motifs is 2. The van der Waals surface area contributed by atoms with E-state index in [1.165, 1.54) is 32.4 Å². The molecule has 1 unspecified atom stereocenters. The van der Waals surface area contributed by atoms with Gasteiger partial charge in [0.2, 0.25) is 10.0 Å². The normalized spacial score (nSPS) is 21.4. The first-order chi connectivity index (χ1) is 15.9. The fourth-order valence-corrected chi connectivity index (χ4v) is 8.28. The van der Waals surface area contributed by atoms with Crippen LogP contribution >= 0.6 is 23.4 Å². The summed E-state index contributed by atoms with van der Waals surface area (Å²) in [4.78, 5) is 3.54. The maximum Gasteiger partial charge on any atom is 0.243 e. The highest BCUT2D eigenvalue weighted by molar-refractivity contribution is 8.02. The number of piperidine rings is 1. The fraction of sp³-hybridized carbons (Fsp3) is 0.440. The van der Waals surface area contributed by atoms with Gasteiger partial charge in [-0.1, -0.05) is 18.0 Å². The predicted octanol–water partition coefficient (Wildman–Crippen LogP) is 5.93. The minimum absolute atomic E-state index is 0.466. The van der Waals surface area contributed by atoms with Crippen LogP contribution in [0.2, 0.25) is 5.02 Å². The second-order valence-electron chi connectivity index (χ2n) is 9.30. The highest BCUT2D eigenvalue weighted by Crippen LogP contribution is 2.48. The zero-order valence-electron chi connectivity index (χ0n) is 18.9. The molecule has 0 spiro atoms. The van der Waals surface area contributed by atoms with E-state index in [9.17, 15) is 8.42 Å². The molecule has 0 amide bonds. The number of thioether (sulfide) groups is 1. The van der Waals surface area contributed by atoms with Crippen LogP contribution in [-0.2, 0) is 21.3 Å². The zero-order valence-corrected chi connectivity index (χ0v) is 21.3. The van der Waals surface area contributed by atoms with Gasteiger partial charge in [0, 0.05) is 45.0 Å². The summed E-state index contributed by atoms with van der Waals surface area (Å²) < 4.78 is 31.0. The van der Waals surface area contributed by atoms with Gasteiger partial charge in [0.05, 0.1) is 0 Å². The van der Waals surface area contributed by atoms with E-state index in [1.807, 2.05) is 30.3 Å². The predicted molar refractivity (Wildman–Crippen MR) is 139 cm³/mol. The van der Waals surface area contributed by atoms with E-state index in [-0.39, 0.29) is 0 Å². The molecule has 33 heavy (non-hydrogen) atoms. The number of likely N-dealkylation sites (tertiary alicyclic amines) is 1. The van der Waals surface area contributed by atoms with Crippen LogP contribution in [0.25, 0.3) is 10.9 Å². The van der Waals surface area contributed by atoms with Crippen LogP contribution < -0.4 is 4.72 Å². The van der Waals surface area contributed by atoms with Gasteiger partial charge in [-0.05, 0) is 93.8 Å². The van der Waals surface area contributed by atoms with Crippen molar-refractivity contribution in [2.45, 2.75) is 48.8 Å². The van der Waals surface area contributed by atoms with Crippen molar-refractivity contribution >= 4 is 50.0 Å². The van der Waals surface area contributed by atoms with Gasteiger partial charge < -0.3 is 9.47 Å². The number of aromatic nitrogens is 1. The first kappa shape index (κ1) is 23.1. The number of benzene rings is 2. The number of aryl methyl sites for hydroxylation is 1. The van der Waals surface area contributed by atoms with Gasteiger partial charge in [-0.3, -0.25) is 4.72 Å². The molecule has 1 atom stereocenters. The average Bonchev–Trinajstić information content (AvgIpc) is 3.36. The van der Waals surface area contributed by atoms with E-state index in [1.54, 1.807) is 24.8 Å². The average molecular weight is 504 g/mol. The summed E-state index contributed by atoms with van der Waals surface area (Å²) in [6.45, 7) is 6.34. The first-order valence-electron chi connectivity index (χ1n) is 11.6. The van der Waals surface area contributed by atoms with E-state index < -0.39 is 14.8 Å². The topological polar surface area (TPSA) is 54.3 Å². The smallest absolute Gasteiger partial charge is 0.243 e. The van der Waals surface area contributed by atoms with Crippen LogP contribution in [0.1, 0.15) is 38.2 Å². The maximum absolute atomic E-state index is 13.5. The number of hydrogen-bond acceptors (Lipinski definition) is 4. The highest BCUT2D eigenvalue weighted by Gasteiger charge is 2.46. The fourth-order valence-electron chi connectivity index (χ4n) is 4.93. The van der Waals surface area contributed by atoms with Crippen molar-refractivity contribution in [3.05, 3.63) is 59.2 Å². The lowest BCUT2D eigenvalue weighted by atomic mass is 10.0. The molecule has 176 valence electrons. The van der Waals surface area contributed by atoms with Gasteiger partial charge in [0.15, 0.2) is 0 Å². The Morgan fingerprint density at radius 2 is 1.88 bits per heavy atom. The third-order valence-electron chi connectivity index (χ3n) is 6.95. The standard InChI is InChI=1S/C25H30ClN3O2S2/c1-25(18-32-24-9-6-20(26)17-22(24)25)33(30,31)27-21-7-8-23-19(16-21)10-15-29(23)14-5-13-28-11-3-2-4-12-28/h6-10,15-17,27H,2-5,11-14,18H2,1H3. The molecule has 0 bridgehead atoms. The van der Waals surface area contributed by atoms with Gasteiger partial charge >= 0.3 is 0 Å². The molecule has 1 fully saturated rings. The summed E-state index contributed by atoms with van der Waals surface area (Å²) in [6, 6.07) is 13.4. The quantitative estimate of drug-likeness (QED) is 0.434. The molecule has 1 aromatic heterocycles. The SMILES string of the molecule is CC1(S(=O)(=O)Nc2ccc3c(ccn3CCCN3CCCCC3)c2)CSc2ccc(Cl)cc21. The Hall–Kier alpha value is -1.67. The molecule has 0 radical (unpaired) electrons. The van der Waals surface area contributed by atoms with Crippen LogP contribution in [0.5, 0.6) is 0 Å². The summed E-state index contributed by atoms with van der Waals surface area (Å²) in [6.07, 6.45) is 7.23. The monoisotopic (exact) mass is 503 g/mol. The number of nitrogens with one attached hydrogen (secondary N) is 1. The van der Waals surface area contributed by atoms with Crippen molar-refractivity contribution in [1.29, 1.82) is 0 Å². The molecule has 5 nitrogen and oxygen atoms in total. The Bertz CT molecular complexity index is 1270. The maximum atomic E-state index is 13.5. The Balaban J connectivity index is 1.30. The Kier molecular flexibility index (Phi) is 6.42. The van der Waals surface area contributed by atoms with E-state index >= 15 is 0 Å². The van der Waals surface area contributed by atoms with Gasteiger partial charge in [0.25, 0.3) is 0 Å². The Morgan fingerprint density at radius 1 is 1.06 bits per heavy atom. The molecule has 2 aliphatic rings. The molecular weight excluding hydrogens is 474 g/mol. The summed E-state index contributed by atoms with van der Waals surface area (Å²) >= 11 is 7.74. The van der Waals surface area contributed by atoms with Crippen LogP contribution in [0, 0.1) is 0 Å². The Morgan fingerprint density at radius 3 is 2.70 bits per heavy atom. The van der Waals surface area contributed by atoms with Crippen molar-refractivity contribution in [1.82, 2.24) is 9.47 Å². The molecule has 3 aromatic rings. The minimum Gasteiger partial charge on any atom is -0.347 e. The van der Waals surface area contributed by atoms with Crippen molar-refractivity contribution in [2.24, 2.45) is 0 Å². The van der Waals surface area contributed by atoms with Crippen LogP contribution in [0.4, 0.5) is 5.69 Å². The van der Waals surface area contributed by atoms with Crippen molar-refractivity contribution < 1.29 is 8.42 Å². The molecule has 2 aliphatic heterocycles. The van der Waals surface area contributed by atoms with E-state index in [2.05, 4.69) is 26.5 Å². The molecule has 0 saturated carbocycles.